The molecule has 0 fully saturated rings. The van der Waals surface area contributed by atoms with Gasteiger partial charge in [-0.1, -0.05) is 157 Å². The van der Waals surface area contributed by atoms with E-state index in [-0.39, 0.29) is 0 Å². The molecule has 0 radical (unpaired) electrons. The first-order valence-electron chi connectivity index (χ1n) is 14.7. The lowest BCUT2D eigenvalue weighted by Crippen LogP contribution is -2.12. The first-order chi connectivity index (χ1) is 16.4. The lowest BCUT2D eigenvalue weighted by Gasteiger charge is -2.26. The molecule has 0 amide bonds. The zero-order chi connectivity index (χ0) is 28.4. The Kier molecular flexibility index (Phi) is 31.9. The minimum atomic E-state index is 0.347. The van der Waals surface area contributed by atoms with Crippen molar-refractivity contribution in [1.29, 1.82) is 0 Å². The van der Waals surface area contributed by atoms with Crippen molar-refractivity contribution in [3.63, 3.8) is 0 Å². The number of rotatable bonds is 10. The zero-order valence-electron chi connectivity index (χ0n) is 27.0. The lowest BCUT2D eigenvalue weighted by atomic mass is 9.78. The molecule has 0 aliphatic rings. The molecular formula is C35H68. The van der Waals surface area contributed by atoms with Gasteiger partial charge in [0.2, 0.25) is 0 Å². The highest BCUT2D eigenvalue weighted by Crippen LogP contribution is 2.35. The van der Waals surface area contributed by atoms with Gasteiger partial charge >= 0.3 is 0 Å². The van der Waals surface area contributed by atoms with Gasteiger partial charge in [0, 0.05) is 5.92 Å². The van der Waals surface area contributed by atoms with Crippen LogP contribution in [0.4, 0.5) is 0 Å². The molecule has 0 saturated carbocycles. The van der Waals surface area contributed by atoms with E-state index in [1.807, 2.05) is 27.7 Å². The second-order valence-corrected chi connectivity index (χ2v) is 10.8. The maximum Gasteiger partial charge on any atom is 0.00476 e. The van der Waals surface area contributed by atoms with E-state index in [4.69, 9.17) is 0 Å². The topological polar surface area (TPSA) is 0 Å². The SMILES string of the molecule is C=C(C)C(CC(C)(C)C)c1ccccc1.C=C(C)CCCC.CC.CC.CCCC(CC)C(C)C. The second kappa shape index (κ2) is 27.3. The molecule has 0 bridgehead atoms. The van der Waals surface area contributed by atoms with Gasteiger partial charge in [-0.05, 0) is 55.9 Å². The van der Waals surface area contributed by atoms with Gasteiger partial charge in [0.05, 0.1) is 0 Å². The van der Waals surface area contributed by atoms with E-state index < -0.39 is 0 Å². The van der Waals surface area contributed by atoms with Gasteiger partial charge in [-0.2, -0.15) is 0 Å². The number of allylic oxidation sites excluding steroid dienone is 2. The summed E-state index contributed by atoms with van der Waals surface area (Å²) in [5.74, 6) is 2.34. The molecule has 0 heterocycles. The number of hydrogen-bond acceptors (Lipinski definition) is 0. The Morgan fingerprint density at radius 2 is 1.31 bits per heavy atom. The van der Waals surface area contributed by atoms with E-state index in [0.29, 0.717) is 11.3 Å². The van der Waals surface area contributed by atoms with E-state index in [2.05, 4.69) is 113 Å². The first-order valence-corrected chi connectivity index (χ1v) is 14.7. The van der Waals surface area contributed by atoms with Gasteiger partial charge in [-0.25, -0.2) is 0 Å². The highest BCUT2D eigenvalue weighted by atomic mass is 14.2. The summed E-state index contributed by atoms with van der Waals surface area (Å²) >= 11 is 0. The summed E-state index contributed by atoms with van der Waals surface area (Å²) in [5, 5.41) is 0. The minimum absolute atomic E-state index is 0.347. The van der Waals surface area contributed by atoms with E-state index in [1.165, 1.54) is 55.2 Å². The Bertz CT molecular complexity index is 555. The van der Waals surface area contributed by atoms with Crippen LogP contribution in [0.3, 0.4) is 0 Å². The summed E-state index contributed by atoms with van der Waals surface area (Å²) in [7, 11) is 0. The molecule has 0 aliphatic heterocycles. The molecular weight excluding hydrogens is 420 g/mol. The van der Waals surface area contributed by atoms with Gasteiger partial charge < -0.3 is 0 Å². The van der Waals surface area contributed by atoms with Crippen LogP contribution < -0.4 is 0 Å². The predicted octanol–water partition coefficient (Wildman–Crippen LogP) is 13.1. The third-order valence-corrected chi connectivity index (χ3v) is 5.70. The smallest absolute Gasteiger partial charge is 0.00476 e. The summed E-state index contributed by atoms with van der Waals surface area (Å²) in [6, 6.07) is 10.7. The highest BCUT2D eigenvalue weighted by molar-refractivity contribution is 5.27. The second-order valence-electron chi connectivity index (χ2n) is 10.8. The summed E-state index contributed by atoms with van der Waals surface area (Å²) in [5.41, 5.74) is 4.30. The van der Waals surface area contributed by atoms with Crippen LogP contribution in [0.1, 0.15) is 153 Å². The molecule has 1 rings (SSSR count). The fraction of sp³-hybridized carbons (Fsp3) is 0.714. The van der Waals surface area contributed by atoms with Crippen LogP contribution in [0, 0.1) is 17.3 Å². The van der Waals surface area contributed by atoms with Crippen molar-refractivity contribution >= 4 is 0 Å². The average molecular weight is 489 g/mol. The van der Waals surface area contributed by atoms with Crippen molar-refractivity contribution < 1.29 is 0 Å². The molecule has 2 unspecified atom stereocenters. The quantitative estimate of drug-likeness (QED) is 0.287. The van der Waals surface area contributed by atoms with Gasteiger partial charge in [-0.15, -0.1) is 6.58 Å². The molecule has 2 atom stereocenters. The molecule has 1 aromatic carbocycles. The lowest BCUT2D eigenvalue weighted by molar-refractivity contribution is 0.346. The van der Waals surface area contributed by atoms with Crippen molar-refractivity contribution in [1.82, 2.24) is 0 Å². The number of benzene rings is 1. The van der Waals surface area contributed by atoms with Gasteiger partial charge in [0.15, 0.2) is 0 Å². The van der Waals surface area contributed by atoms with Crippen molar-refractivity contribution in [3.8, 4) is 0 Å². The van der Waals surface area contributed by atoms with E-state index in [1.54, 1.807) is 0 Å². The Labute approximate surface area is 225 Å². The highest BCUT2D eigenvalue weighted by Gasteiger charge is 2.20. The Hall–Kier alpha value is -1.30. The fourth-order valence-electron chi connectivity index (χ4n) is 3.73. The van der Waals surface area contributed by atoms with E-state index >= 15 is 0 Å². The van der Waals surface area contributed by atoms with Crippen LogP contribution in [-0.2, 0) is 0 Å². The van der Waals surface area contributed by atoms with Crippen LogP contribution in [0.25, 0.3) is 0 Å². The molecule has 35 heavy (non-hydrogen) atoms. The molecule has 0 heteroatoms. The molecule has 208 valence electrons. The fourth-order valence-corrected chi connectivity index (χ4v) is 3.73. The van der Waals surface area contributed by atoms with Crippen LogP contribution in [0.5, 0.6) is 0 Å². The zero-order valence-corrected chi connectivity index (χ0v) is 27.0. The number of unbranched alkanes of at least 4 members (excludes halogenated alkanes) is 1. The van der Waals surface area contributed by atoms with Gasteiger partial charge in [-0.3, -0.25) is 0 Å². The van der Waals surface area contributed by atoms with Crippen LogP contribution >= 0.6 is 0 Å². The standard InChI is InChI=1S/C15H22.C9H20.C7H14.2C2H6/c1-12(2)14(11-15(3,4)5)13-9-7-6-8-10-13;1-5-7-9(6-2)8(3)4;1-4-5-6-7(2)3;2*1-2/h6-10,14H,1,11H2,2-5H3;8-9H,5-7H2,1-4H3;2,4-6H2,1,3H3;2*1-2H3. The van der Waals surface area contributed by atoms with Gasteiger partial charge in [0.1, 0.15) is 0 Å². The third-order valence-electron chi connectivity index (χ3n) is 5.70. The van der Waals surface area contributed by atoms with Gasteiger partial charge in [0.25, 0.3) is 0 Å². The largest absolute Gasteiger partial charge is 0.100 e. The predicted molar refractivity (Wildman–Crippen MR) is 169 cm³/mol. The normalized spacial score (nSPS) is 11.6. The van der Waals surface area contributed by atoms with Crippen molar-refractivity contribution in [2.75, 3.05) is 0 Å². The summed E-state index contributed by atoms with van der Waals surface area (Å²) in [6.07, 6.45) is 9.06. The Morgan fingerprint density at radius 3 is 1.54 bits per heavy atom. The monoisotopic (exact) mass is 489 g/mol. The Morgan fingerprint density at radius 1 is 0.829 bits per heavy atom. The molecule has 0 aliphatic carbocycles. The van der Waals surface area contributed by atoms with Crippen LogP contribution in [0.15, 0.2) is 54.6 Å². The summed E-state index contributed by atoms with van der Waals surface area (Å²) < 4.78 is 0. The van der Waals surface area contributed by atoms with Crippen molar-refractivity contribution in [2.24, 2.45) is 17.3 Å². The molecule has 1 aromatic rings. The third kappa shape index (κ3) is 28.8. The minimum Gasteiger partial charge on any atom is -0.100 e. The van der Waals surface area contributed by atoms with Crippen molar-refractivity contribution in [3.05, 3.63) is 60.2 Å². The van der Waals surface area contributed by atoms with Crippen molar-refractivity contribution in [2.45, 2.75) is 148 Å². The molecule has 0 spiro atoms. The summed E-state index contributed by atoms with van der Waals surface area (Å²) in [6.45, 7) is 38.4. The van der Waals surface area contributed by atoms with E-state index in [9.17, 15) is 0 Å². The summed E-state index contributed by atoms with van der Waals surface area (Å²) in [4.78, 5) is 0. The van der Waals surface area contributed by atoms with Crippen LogP contribution in [0.2, 0.25) is 0 Å². The maximum absolute atomic E-state index is 4.12. The first kappa shape index (κ1) is 40.9. The average Bonchev–Trinajstić information content (AvgIpc) is 2.82. The number of hydrogen-bond donors (Lipinski definition) is 0. The molecule has 0 aromatic heterocycles. The Balaban J connectivity index is -0.000000207. The molecule has 0 nitrogen and oxygen atoms in total. The maximum atomic E-state index is 4.12. The van der Waals surface area contributed by atoms with E-state index in [0.717, 1.165) is 18.3 Å². The van der Waals surface area contributed by atoms with Crippen LogP contribution in [-0.4, -0.2) is 0 Å². The molecule has 0 saturated heterocycles. The molecule has 0 N–H and O–H groups in total.